The van der Waals surface area contributed by atoms with Gasteiger partial charge in [0.25, 0.3) is 5.91 Å². The first-order chi connectivity index (χ1) is 9.11. The first-order valence-corrected chi connectivity index (χ1v) is 7.18. The molecule has 2 heterocycles. The topological polar surface area (TPSA) is 54.9 Å². The first kappa shape index (κ1) is 14.0. The molecule has 1 unspecified atom stereocenters. The van der Waals surface area contributed by atoms with E-state index >= 15 is 0 Å². The SMILES string of the molecule is CCC(C)NC(=O)c1sc(-c2cccnc2)nc1Cl. The number of pyridine rings is 1. The molecule has 0 aliphatic heterocycles. The number of hydrogen-bond acceptors (Lipinski definition) is 4. The number of amides is 1. The lowest BCUT2D eigenvalue weighted by Gasteiger charge is -2.09. The van der Waals surface area contributed by atoms with Gasteiger partial charge in [-0.1, -0.05) is 18.5 Å². The van der Waals surface area contributed by atoms with Gasteiger partial charge in [-0.05, 0) is 25.5 Å². The minimum Gasteiger partial charge on any atom is -0.349 e. The Morgan fingerprint density at radius 1 is 1.58 bits per heavy atom. The van der Waals surface area contributed by atoms with Gasteiger partial charge in [-0.3, -0.25) is 9.78 Å². The second-order valence-electron chi connectivity index (χ2n) is 4.16. The Morgan fingerprint density at radius 2 is 2.37 bits per heavy atom. The maximum atomic E-state index is 12.0. The van der Waals surface area contributed by atoms with E-state index in [2.05, 4.69) is 15.3 Å². The van der Waals surface area contributed by atoms with Gasteiger partial charge in [0.05, 0.1) is 0 Å². The second-order valence-corrected chi connectivity index (χ2v) is 5.52. The lowest BCUT2D eigenvalue weighted by molar-refractivity contribution is 0.0943. The predicted molar refractivity (Wildman–Crippen MR) is 77.6 cm³/mol. The summed E-state index contributed by atoms with van der Waals surface area (Å²) in [7, 11) is 0. The monoisotopic (exact) mass is 295 g/mol. The smallest absolute Gasteiger partial charge is 0.264 e. The van der Waals surface area contributed by atoms with Crippen LogP contribution in [0, 0.1) is 0 Å². The van der Waals surface area contributed by atoms with E-state index < -0.39 is 0 Å². The minimum absolute atomic E-state index is 0.118. The highest BCUT2D eigenvalue weighted by Gasteiger charge is 2.18. The van der Waals surface area contributed by atoms with Crippen LogP contribution in [0.2, 0.25) is 5.15 Å². The molecule has 0 saturated carbocycles. The number of nitrogens with zero attached hydrogens (tertiary/aromatic N) is 2. The maximum Gasteiger partial charge on any atom is 0.264 e. The summed E-state index contributed by atoms with van der Waals surface area (Å²) in [5.41, 5.74) is 0.858. The molecule has 0 aromatic carbocycles. The Balaban J connectivity index is 2.24. The fraction of sp³-hybridized carbons (Fsp3) is 0.308. The van der Waals surface area contributed by atoms with E-state index in [0.717, 1.165) is 12.0 Å². The van der Waals surface area contributed by atoms with Gasteiger partial charge in [0.1, 0.15) is 9.88 Å². The molecule has 1 N–H and O–H groups in total. The molecular weight excluding hydrogens is 282 g/mol. The fourth-order valence-electron chi connectivity index (χ4n) is 1.45. The summed E-state index contributed by atoms with van der Waals surface area (Å²) < 4.78 is 0. The van der Waals surface area contributed by atoms with Crippen molar-refractivity contribution >= 4 is 28.8 Å². The number of rotatable bonds is 4. The average molecular weight is 296 g/mol. The third kappa shape index (κ3) is 3.30. The number of aromatic nitrogens is 2. The molecule has 2 aromatic heterocycles. The molecule has 0 radical (unpaired) electrons. The lowest BCUT2D eigenvalue weighted by Crippen LogP contribution is -2.31. The Bertz CT molecular complexity index is 571. The Morgan fingerprint density at radius 3 is 3.00 bits per heavy atom. The zero-order valence-corrected chi connectivity index (χ0v) is 12.3. The average Bonchev–Trinajstić information content (AvgIpc) is 2.81. The van der Waals surface area contributed by atoms with E-state index in [1.54, 1.807) is 12.4 Å². The molecule has 0 aliphatic carbocycles. The van der Waals surface area contributed by atoms with Gasteiger partial charge in [0.2, 0.25) is 0 Å². The zero-order chi connectivity index (χ0) is 13.8. The summed E-state index contributed by atoms with van der Waals surface area (Å²) in [5.74, 6) is -0.174. The third-order valence-electron chi connectivity index (χ3n) is 2.69. The number of thiazole rings is 1. The summed E-state index contributed by atoms with van der Waals surface area (Å²) in [6.07, 6.45) is 4.26. The molecule has 0 fully saturated rings. The molecule has 6 heteroatoms. The minimum atomic E-state index is -0.174. The quantitative estimate of drug-likeness (QED) is 0.940. The molecule has 0 spiro atoms. The van der Waals surface area contributed by atoms with Gasteiger partial charge in [-0.25, -0.2) is 4.98 Å². The van der Waals surface area contributed by atoms with E-state index in [1.807, 2.05) is 26.0 Å². The van der Waals surface area contributed by atoms with Crippen LogP contribution in [0.5, 0.6) is 0 Å². The van der Waals surface area contributed by atoms with Crippen LogP contribution >= 0.6 is 22.9 Å². The predicted octanol–water partition coefficient (Wildman–Crippen LogP) is 3.39. The van der Waals surface area contributed by atoms with Crippen LogP contribution in [0.3, 0.4) is 0 Å². The van der Waals surface area contributed by atoms with E-state index in [0.29, 0.717) is 9.88 Å². The van der Waals surface area contributed by atoms with Gasteiger partial charge < -0.3 is 5.32 Å². The van der Waals surface area contributed by atoms with E-state index in [1.165, 1.54) is 11.3 Å². The first-order valence-electron chi connectivity index (χ1n) is 5.99. The fourth-order valence-corrected chi connectivity index (χ4v) is 2.63. The molecule has 4 nitrogen and oxygen atoms in total. The molecular formula is C13H14ClN3OS. The standard InChI is InChI=1S/C13H14ClN3OS/c1-3-8(2)16-12(18)10-11(14)17-13(19-10)9-5-4-6-15-7-9/h4-8H,3H2,1-2H3,(H,16,18). The van der Waals surface area contributed by atoms with Crippen molar-refractivity contribution < 1.29 is 4.79 Å². The van der Waals surface area contributed by atoms with Crippen LogP contribution in [0.15, 0.2) is 24.5 Å². The van der Waals surface area contributed by atoms with Crippen molar-refractivity contribution in [2.75, 3.05) is 0 Å². The van der Waals surface area contributed by atoms with Crippen molar-refractivity contribution in [2.24, 2.45) is 0 Å². The van der Waals surface area contributed by atoms with Crippen molar-refractivity contribution in [2.45, 2.75) is 26.3 Å². The molecule has 0 aliphatic rings. The van der Waals surface area contributed by atoms with Gasteiger partial charge in [0.15, 0.2) is 5.15 Å². The molecule has 0 saturated heterocycles. The normalized spacial score (nSPS) is 12.2. The molecule has 2 aromatic rings. The molecule has 1 atom stereocenters. The highest BCUT2D eigenvalue weighted by Crippen LogP contribution is 2.30. The number of nitrogens with one attached hydrogen (secondary N) is 1. The highest BCUT2D eigenvalue weighted by atomic mass is 35.5. The summed E-state index contributed by atoms with van der Waals surface area (Å²) >= 11 is 7.31. The summed E-state index contributed by atoms with van der Waals surface area (Å²) in [6, 6.07) is 3.83. The van der Waals surface area contributed by atoms with Gasteiger partial charge in [-0.15, -0.1) is 11.3 Å². The van der Waals surface area contributed by atoms with E-state index in [4.69, 9.17) is 11.6 Å². The van der Waals surface area contributed by atoms with Gasteiger partial charge in [-0.2, -0.15) is 0 Å². The summed E-state index contributed by atoms with van der Waals surface area (Å²) in [6.45, 7) is 3.97. The van der Waals surface area contributed by atoms with Crippen molar-refractivity contribution in [3.63, 3.8) is 0 Å². The second kappa shape index (κ2) is 6.12. The van der Waals surface area contributed by atoms with Crippen LogP contribution in [0.25, 0.3) is 10.6 Å². The molecule has 1 amide bonds. The van der Waals surface area contributed by atoms with Crippen molar-refractivity contribution in [1.82, 2.24) is 15.3 Å². The van der Waals surface area contributed by atoms with E-state index in [9.17, 15) is 4.79 Å². The molecule has 19 heavy (non-hydrogen) atoms. The Kier molecular flexibility index (Phi) is 4.50. The van der Waals surface area contributed by atoms with Crippen LogP contribution < -0.4 is 5.32 Å². The number of carbonyl (C=O) groups is 1. The Labute approximate surface area is 120 Å². The highest BCUT2D eigenvalue weighted by molar-refractivity contribution is 7.17. The van der Waals surface area contributed by atoms with Crippen LogP contribution in [0.4, 0.5) is 0 Å². The van der Waals surface area contributed by atoms with Crippen LogP contribution in [-0.4, -0.2) is 21.9 Å². The largest absolute Gasteiger partial charge is 0.349 e. The van der Waals surface area contributed by atoms with Crippen LogP contribution in [0.1, 0.15) is 29.9 Å². The number of carbonyl (C=O) groups excluding carboxylic acids is 1. The zero-order valence-electron chi connectivity index (χ0n) is 10.7. The Hall–Kier alpha value is -1.46. The van der Waals surface area contributed by atoms with Gasteiger partial charge >= 0.3 is 0 Å². The summed E-state index contributed by atoms with van der Waals surface area (Å²) in [5, 5.41) is 3.82. The lowest BCUT2D eigenvalue weighted by atomic mass is 10.2. The van der Waals surface area contributed by atoms with Crippen LogP contribution in [-0.2, 0) is 0 Å². The van der Waals surface area contributed by atoms with Crippen molar-refractivity contribution in [3.8, 4) is 10.6 Å². The van der Waals surface area contributed by atoms with Crippen molar-refractivity contribution in [1.29, 1.82) is 0 Å². The number of hydrogen-bond donors (Lipinski definition) is 1. The molecule has 100 valence electrons. The maximum absolute atomic E-state index is 12.0. The third-order valence-corrected chi connectivity index (χ3v) is 4.18. The van der Waals surface area contributed by atoms with Gasteiger partial charge in [0, 0.05) is 24.0 Å². The van der Waals surface area contributed by atoms with Crippen molar-refractivity contribution in [3.05, 3.63) is 34.6 Å². The summed E-state index contributed by atoms with van der Waals surface area (Å²) in [4.78, 5) is 20.7. The molecule has 0 bridgehead atoms. The van der Waals surface area contributed by atoms with E-state index in [-0.39, 0.29) is 17.1 Å². The molecule has 2 rings (SSSR count). The number of halogens is 1.